The number of benzene rings is 3. The molecule has 0 radical (unpaired) electrons. The van der Waals surface area contributed by atoms with Gasteiger partial charge in [-0.3, -0.25) is 4.79 Å². The Bertz CT molecular complexity index is 1430. The fourth-order valence-corrected chi connectivity index (χ4v) is 5.39. The molecule has 202 valence electrons. The van der Waals surface area contributed by atoms with Gasteiger partial charge in [0.05, 0.1) is 12.0 Å². The van der Waals surface area contributed by atoms with Crippen molar-refractivity contribution in [2.45, 2.75) is 52.0 Å². The maximum absolute atomic E-state index is 13.0. The molecule has 1 aromatic heterocycles. The summed E-state index contributed by atoms with van der Waals surface area (Å²) in [7, 11) is 0. The lowest BCUT2D eigenvalue weighted by molar-refractivity contribution is -0.152. The van der Waals surface area contributed by atoms with Gasteiger partial charge >= 0.3 is 12.1 Å². The SMILES string of the molecule is CCCOC(=O)N(Cc1ccc2cc(-c3ccc(-c4nn[nH]n4)cc3)ccc2c1)CC1(C(=O)O)CCCCC1. The highest BCUT2D eigenvalue weighted by Crippen LogP contribution is 2.38. The number of ether oxygens (including phenoxy) is 1. The molecule has 0 bridgehead atoms. The Morgan fingerprint density at radius 1 is 0.949 bits per heavy atom. The van der Waals surface area contributed by atoms with Crippen molar-refractivity contribution in [3.8, 4) is 22.5 Å². The summed E-state index contributed by atoms with van der Waals surface area (Å²) in [6.07, 6.45) is 4.17. The average molecular weight is 528 g/mol. The summed E-state index contributed by atoms with van der Waals surface area (Å²) in [4.78, 5) is 26.9. The van der Waals surface area contributed by atoms with Crippen LogP contribution in [-0.2, 0) is 16.1 Å². The number of carboxylic acids is 1. The number of hydrogen-bond donors (Lipinski definition) is 2. The predicted molar refractivity (Wildman–Crippen MR) is 148 cm³/mol. The van der Waals surface area contributed by atoms with E-state index in [9.17, 15) is 14.7 Å². The lowest BCUT2D eigenvalue weighted by Gasteiger charge is -2.37. The number of carboxylic acid groups (broad SMARTS) is 1. The van der Waals surface area contributed by atoms with Crippen molar-refractivity contribution in [1.82, 2.24) is 25.5 Å². The zero-order chi connectivity index (χ0) is 27.2. The molecule has 9 nitrogen and oxygen atoms in total. The molecular weight excluding hydrogens is 494 g/mol. The van der Waals surface area contributed by atoms with Crippen LogP contribution in [0.3, 0.4) is 0 Å². The first-order valence-electron chi connectivity index (χ1n) is 13.5. The van der Waals surface area contributed by atoms with E-state index < -0.39 is 17.5 Å². The molecule has 0 aliphatic heterocycles. The zero-order valence-electron chi connectivity index (χ0n) is 22.1. The van der Waals surface area contributed by atoms with Crippen molar-refractivity contribution in [2.24, 2.45) is 5.41 Å². The smallest absolute Gasteiger partial charge is 0.410 e. The van der Waals surface area contributed by atoms with Crippen LogP contribution in [0.1, 0.15) is 51.0 Å². The van der Waals surface area contributed by atoms with E-state index in [0.717, 1.165) is 52.3 Å². The van der Waals surface area contributed by atoms with Crippen molar-refractivity contribution >= 4 is 22.8 Å². The molecule has 1 fully saturated rings. The Kier molecular flexibility index (Phi) is 7.86. The van der Waals surface area contributed by atoms with Crippen molar-refractivity contribution in [1.29, 1.82) is 0 Å². The minimum atomic E-state index is -0.922. The molecule has 0 unspecified atom stereocenters. The summed E-state index contributed by atoms with van der Waals surface area (Å²) in [5.74, 6) is -0.273. The number of carbonyl (C=O) groups is 2. The molecule has 0 saturated heterocycles. The lowest BCUT2D eigenvalue weighted by atomic mass is 9.73. The fraction of sp³-hybridized carbons (Fsp3) is 0.367. The second kappa shape index (κ2) is 11.6. The van der Waals surface area contributed by atoms with E-state index in [-0.39, 0.29) is 6.54 Å². The number of carbonyl (C=O) groups excluding carboxylic acids is 1. The first kappa shape index (κ1) is 26.3. The van der Waals surface area contributed by atoms with Gasteiger partial charge in [0.1, 0.15) is 0 Å². The minimum Gasteiger partial charge on any atom is -0.481 e. The number of aromatic nitrogens is 4. The quantitative estimate of drug-likeness (QED) is 0.271. The van der Waals surface area contributed by atoms with Gasteiger partial charge in [-0.2, -0.15) is 5.21 Å². The summed E-state index contributed by atoms with van der Waals surface area (Å²) < 4.78 is 5.46. The Labute approximate surface area is 227 Å². The van der Waals surface area contributed by atoms with Gasteiger partial charge in [-0.1, -0.05) is 74.7 Å². The van der Waals surface area contributed by atoms with Crippen molar-refractivity contribution in [3.05, 3.63) is 66.2 Å². The molecule has 1 heterocycles. The third-order valence-electron chi connectivity index (χ3n) is 7.55. The highest BCUT2D eigenvalue weighted by Gasteiger charge is 2.42. The fourth-order valence-electron chi connectivity index (χ4n) is 5.39. The number of aromatic amines is 1. The molecule has 0 atom stereocenters. The number of hydrogen-bond acceptors (Lipinski definition) is 6. The summed E-state index contributed by atoms with van der Waals surface area (Å²) in [6, 6.07) is 20.4. The molecule has 39 heavy (non-hydrogen) atoms. The van der Waals surface area contributed by atoms with E-state index in [4.69, 9.17) is 4.74 Å². The number of nitrogens with zero attached hydrogens (tertiary/aromatic N) is 4. The number of aliphatic carboxylic acids is 1. The first-order valence-corrected chi connectivity index (χ1v) is 13.5. The summed E-state index contributed by atoms with van der Waals surface area (Å²) in [6.45, 7) is 2.71. The molecule has 1 aliphatic carbocycles. The van der Waals surface area contributed by atoms with Gasteiger partial charge in [-0.05, 0) is 64.1 Å². The minimum absolute atomic E-state index is 0.154. The highest BCUT2D eigenvalue weighted by molar-refractivity contribution is 5.88. The number of amides is 1. The predicted octanol–water partition coefficient (Wildman–Crippen LogP) is 6.07. The van der Waals surface area contributed by atoms with Gasteiger partial charge in [0.15, 0.2) is 0 Å². The van der Waals surface area contributed by atoms with E-state index in [1.165, 1.54) is 0 Å². The van der Waals surface area contributed by atoms with Crippen LogP contribution in [0.5, 0.6) is 0 Å². The number of rotatable bonds is 9. The second-order valence-corrected chi connectivity index (χ2v) is 10.3. The van der Waals surface area contributed by atoms with Crippen LogP contribution < -0.4 is 0 Å². The van der Waals surface area contributed by atoms with E-state index in [1.807, 2.05) is 43.3 Å². The van der Waals surface area contributed by atoms with Gasteiger partial charge in [-0.15, -0.1) is 10.2 Å². The third kappa shape index (κ3) is 5.92. The van der Waals surface area contributed by atoms with Crippen LogP contribution in [0.15, 0.2) is 60.7 Å². The largest absolute Gasteiger partial charge is 0.481 e. The van der Waals surface area contributed by atoms with Gasteiger partial charge in [0.25, 0.3) is 0 Å². The van der Waals surface area contributed by atoms with Crippen molar-refractivity contribution < 1.29 is 19.4 Å². The van der Waals surface area contributed by atoms with Crippen LogP contribution >= 0.6 is 0 Å². The number of tetrazole rings is 1. The molecule has 1 saturated carbocycles. The second-order valence-electron chi connectivity index (χ2n) is 10.3. The first-order chi connectivity index (χ1) is 19.0. The molecule has 1 aliphatic rings. The normalized spacial score (nSPS) is 14.7. The standard InChI is InChI=1S/C30H33N5O4/c1-2-16-39-29(38)35(20-30(28(36)37)14-4-3-5-15-30)19-21-6-7-26-18-25(13-12-24(26)17-21)22-8-10-23(11-9-22)27-31-33-34-32-27/h6-13,17-18H,2-5,14-16,19-20H2,1H3,(H,36,37)(H,31,32,33,34). The van der Waals surface area contributed by atoms with E-state index >= 15 is 0 Å². The Balaban J connectivity index is 1.36. The average Bonchev–Trinajstić information content (AvgIpc) is 3.51. The van der Waals surface area contributed by atoms with Crippen LogP contribution in [0.25, 0.3) is 33.3 Å². The van der Waals surface area contributed by atoms with Crippen LogP contribution in [0.2, 0.25) is 0 Å². The van der Waals surface area contributed by atoms with Crippen molar-refractivity contribution in [3.63, 3.8) is 0 Å². The Morgan fingerprint density at radius 3 is 2.33 bits per heavy atom. The summed E-state index contributed by atoms with van der Waals surface area (Å²) in [5.41, 5.74) is 3.06. The lowest BCUT2D eigenvalue weighted by Crippen LogP contribution is -2.46. The Morgan fingerprint density at radius 2 is 1.64 bits per heavy atom. The molecule has 0 spiro atoms. The maximum Gasteiger partial charge on any atom is 0.410 e. The zero-order valence-corrected chi connectivity index (χ0v) is 22.1. The van der Waals surface area contributed by atoms with Crippen molar-refractivity contribution in [2.75, 3.05) is 13.2 Å². The van der Waals surface area contributed by atoms with Gasteiger partial charge < -0.3 is 14.7 Å². The van der Waals surface area contributed by atoms with E-state index in [0.29, 0.717) is 38.2 Å². The number of H-pyrrole nitrogens is 1. The summed E-state index contributed by atoms with van der Waals surface area (Å²) in [5, 5.41) is 26.3. The van der Waals surface area contributed by atoms with Gasteiger partial charge in [0.2, 0.25) is 5.82 Å². The number of nitrogens with one attached hydrogen (secondary N) is 1. The van der Waals surface area contributed by atoms with Crippen LogP contribution in [0.4, 0.5) is 4.79 Å². The topological polar surface area (TPSA) is 121 Å². The molecule has 1 amide bonds. The third-order valence-corrected chi connectivity index (χ3v) is 7.55. The molecule has 5 rings (SSSR count). The van der Waals surface area contributed by atoms with Gasteiger partial charge in [-0.25, -0.2) is 4.79 Å². The molecular formula is C30H33N5O4. The summed E-state index contributed by atoms with van der Waals surface area (Å²) >= 11 is 0. The molecule has 2 N–H and O–H groups in total. The van der Waals surface area contributed by atoms with Gasteiger partial charge in [0, 0.05) is 18.7 Å². The maximum atomic E-state index is 13.0. The molecule has 9 heteroatoms. The Hall–Kier alpha value is -4.27. The van der Waals surface area contributed by atoms with E-state index in [2.05, 4.69) is 44.9 Å². The van der Waals surface area contributed by atoms with Crippen LogP contribution in [0, 0.1) is 5.41 Å². The van der Waals surface area contributed by atoms with Crippen LogP contribution in [-0.4, -0.2) is 55.8 Å². The number of fused-ring (bicyclic) bond motifs is 1. The van der Waals surface area contributed by atoms with E-state index in [1.54, 1.807) is 4.90 Å². The highest BCUT2D eigenvalue weighted by atomic mass is 16.6. The molecule has 4 aromatic rings. The monoisotopic (exact) mass is 527 g/mol. The molecule has 3 aromatic carbocycles.